The summed E-state index contributed by atoms with van der Waals surface area (Å²) in [7, 11) is 0. The fourth-order valence-electron chi connectivity index (χ4n) is 1.55. The molecule has 3 nitrogen and oxygen atoms in total. The van der Waals surface area contributed by atoms with Gasteiger partial charge in [-0.2, -0.15) is 0 Å². The molecule has 0 spiro atoms. The van der Waals surface area contributed by atoms with E-state index in [9.17, 15) is 0 Å². The highest BCUT2D eigenvalue weighted by molar-refractivity contribution is 5.17. The summed E-state index contributed by atoms with van der Waals surface area (Å²) in [4.78, 5) is 4.11. The van der Waals surface area contributed by atoms with Crippen LogP contribution in [0, 0.1) is 0 Å². The van der Waals surface area contributed by atoms with Crippen molar-refractivity contribution in [2.45, 2.75) is 25.4 Å². The number of rotatable bonds is 3. The maximum atomic E-state index is 9.04. The van der Waals surface area contributed by atoms with E-state index in [0.717, 1.165) is 25.1 Å². The molecule has 0 unspecified atom stereocenters. The van der Waals surface area contributed by atoms with Crippen LogP contribution in [0.5, 0.6) is 5.75 Å². The molecule has 0 aliphatic heterocycles. The van der Waals surface area contributed by atoms with E-state index in [1.807, 2.05) is 6.07 Å². The summed E-state index contributed by atoms with van der Waals surface area (Å²) in [6.07, 6.45) is 8.09. The number of nitrogens with zero attached hydrogens (tertiary/aromatic N) is 1. The van der Waals surface area contributed by atoms with Gasteiger partial charge in [0.2, 0.25) is 0 Å². The molecule has 0 saturated heterocycles. The number of pyridine rings is 1. The van der Waals surface area contributed by atoms with E-state index in [0.29, 0.717) is 6.04 Å². The van der Waals surface area contributed by atoms with Gasteiger partial charge in [0, 0.05) is 12.6 Å². The Morgan fingerprint density at radius 3 is 2.79 bits per heavy atom. The van der Waals surface area contributed by atoms with Gasteiger partial charge in [-0.1, -0.05) is 12.2 Å². The van der Waals surface area contributed by atoms with Crippen LogP contribution in [0.15, 0.2) is 30.5 Å². The fraction of sp³-hybridized carbons (Fsp3) is 0.364. The van der Waals surface area contributed by atoms with Crippen molar-refractivity contribution in [2.24, 2.45) is 0 Å². The molecule has 0 atom stereocenters. The van der Waals surface area contributed by atoms with Crippen LogP contribution in [0.1, 0.15) is 18.5 Å². The molecule has 0 bridgehead atoms. The zero-order chi connectivity index (χ0) is 9.80. The Morgan fingerprint density at radius 2 is 2.14 bits per heavy atom. The van der Waals surface area contributed by atoms with Gasteiger partial charge in [-0.25, -0.2) is 0 Å². The highest BCUT2D eigenvalue weighted by Crippen LogP contribution is 2.10. The molecule has 0 radical (unpaired) electrons. The molecule has 1 aliphatic carbocycles. The average molecular weight is 190 g/mol. The third kappa shape index (κ3) is 2.33. The second-order valence-corrected chi connectivity index (χ2v) is 3.53. The number of hydrogen-bond donors (Lipinski definition) is 2. The van der Waals surface area contributed by atoms with E-state index in [4.69, 9.17) is 5.11 Å². The van der Waals surface area contributed by atoms with Crippen LogP contribution < -0.4 is 5.32 Å². The van der Waals surface area contributed by atoms with E-state index < -0.39 is 0 Å². The first-order valence-corrected chi connectivity index (χ1v) is 4.87. The Labute approximate surface area is 83.5 Å². The number of aromatic hydroxyl groups is 1. The number of hydrogen-bond acceptors (Lipinski definition) is 3. The van der Waals surface area contributed by atoms with Crippen LogP contribution in [0.4, 0.5) is 0 Å². The van der Waals surface area contributed by atoms with Crippen molar-refractivity contribution >= 4 is 0 Å². The molecule has 1 aliphatic rings. The fourth-order valence-corrected chi connectivity index (χ4v) is 1.55. The van der Waals surface area contributed by atoms with Gasteiger partial charge in [-0.05, 0) is 25.0 Å². The summed E-state index contributed by atoms with van der Waals surface area (Å²) in [6.45, 7) is 0.770. The zero-order valence-electron chi connectivity index (χ0n) is 7.98. The van der Waals surface area contributed by atoms with E-state index in [2.05, 4.69) is 22.5 Å². The second-order valence-electron chi connectivity index (χ2n) is 3.53. The Hall–Kier alpha value is -1.35. The van der Waals surface area contributed by atoms with E-state index in [1.165, 1.54) is 6.20 Å². The molecular weight excluding hydrogens is 176 g/mol. The van der Waals surface area contributed by atoms with Gasteiger partial charge in [0.25, 0.3) is 0 Å². The van der Waals surface area contributed by atoms with Crippen molar-refractivity contribution in [3.05, 3.63) is 36.2 Å². The molecule has 3 heteroatoms. The van der Waals surface area contributed by atoms with E-state index in [1.54, 1.807) is 6.07 Å². The standard InChI is InChI=1S/C11H14N2O/c14-11-6-5-10(13-8-11)7-12-9-3-1-2-4-9/h1-2,5-6,8-9,12,14H,3-4,7H2. The lowest BCUT2D eigenvalue weighted by atomic mass is 10.2. The van der Waals surface area contributed by atoms with E-state index in [-0.39, 0.29) is 5.75 Å². The molecule has 0 fully saturated rings. The Kier molecular flexibility index (Phi) is 2.79. The second kappa shape index (κ2) is 4.24. The minimum absolute atomic E-state index is 0.219. The summed E-state index contributed by atoms with van der Waals surface area (Å²) >= 11 is 0. The predicted octanol–water partition coefficient (Wildman–Crippen LogP) is 1.60. The molecule has 1 heterocycles. The Morgan fingerprint density at radius 1 is 1.36 bits per heavy atom. The van der Waals surface area contributed by atoms with Gasteiger partial charge in [0.05, 0.1) is 11.9 Å². The molecule has 74 valence electrons. The number of nitrogens with one attached hydrogen (secondary N) is 1. The van der Waals surface area contributed by atoms with Gasteiger partial charge in [-0.3, -0.25) is 4.98 Å². The topological polar surface area (TPSA) is 45.1 Å². The molecule has 1 aromatic heterocycles. The lowest BCUT2D eigenvalue weighted by Gasteiger charge is -2.10. The predicted molar refractivity (Wildman–Crippen MR) is 54.9 cm³/mol. The van der Waals surface area contributed by atoms with Crippen molar-refractivity contribution in [1.29, 1.82) is 0 Å². The lowest BCUT2D eigenvalue weighted by molar-refractivity contribution is 0.471. The highest BCUT2D eigenvalue weighted by Gasteiger charge is 2.08. The Bertz CT molecular complexity index is 311. The van der Waals surface area contributed by atoms with E-state index >= 15 is 0 Å². The van der Waals surface area contributed by atoms with Crippen LogP contribution in [0.25, 0.3) is 0 Å². The molecule has 2 rings (SSSR count). The van der Waals surface area contributed by atoms with Gasteiger partial charge >= 0.3 is 0 Å². The Balaban J connectivity index is 1.82. The van der Waals surface area contributed by atoms with Crippen LogP contribution in [0.3, 0.4) is 0 Å². The van der Waals surface area contributed by atoms with Crippen molar-refractivity contribution in [3.8, 4) is 5.75 Å². The molecule has 0 amide bonds. The molecule has 14 heavy (non-hydrogen) atoms. The molecule has 1 aromatic rings. The quantitative estimate of drug-likeness (QED) is 0.711. The van der Waals surface area contributed by atoms with Gasteiger partial charge < -0.3 is 10.4 Å². The van der Waals surface area contributed by atoms with Crippen molar-refractivity contribution < 1.29 is 5.11 Å². The summed E-state index contributed by atoms with van der Waals surface area (Å²) in [5, 5.41) is 12.5. The first-order valence-electron chi connectivity index (χ1n) is 4.87. The van der Waals surface area contributed by atoms with Crippen LogP contribution in [-0.4, -0.2) is 16.1 Å². The average Bonchev–Trinajstić information content (AvgIpc) is 2.70. The molecule has 2 N–H and O–H groups in total. The number of aromatic nitrogens is 1. The summed E-state index contributed by atoms with van der Waals surface area (Å²) in [6, 6.07) is 4.06. The largest absolute Gasteiger partial charge is 0.506 e. The maximum absolute atomic E-state index is 9.04. The molecule has 0 aromatic carbocycles. The van der Waals surface area contributed by atoms with Crippen LogP contribution in [-0.2, 0) is 6.54 Å². The minimum atomic E-state index is 0.219. The maximum Gasteiger partial charge on any atom is 0.133 e. The van der Waals surface area contributed by atoms with Gasteiger partial charge in [0.15, 0.2) is 0 Å². The first-order chi connectivity index (χ1) is 6.84. The van der Waals surface area contributed by atoms with Crippen molar-refractivity contribution in [3.63, 3.8) is 0 Å². The van der Waals surface area contributed by atoms with Crippen molar-refractivity contribution in [1.82, 2.24) is 10.3 Å². The van der Waals surface area contributed by atoms with Gasteiger partial charge in [-0.15, -0.1) is 0 Å². The third-order valence-corrected chi connectivity index (χ3v) is 2.39. The summed E-state index contributed by atoms with van der Waals surface area (Å²) in [5.74, 6) is 0.219. The monoisotopic (exact) mass is 190 g/mol. The van der Waals surface area contributed by atoms with Crippen LogP contribution >= 0.6 is 0 Å². The van der Waals surface area contributed by atoms with Crippen LogP contribution in [0.2, 0.25) is 0 Å². The third-order valence-electron chi connectivity index (χ3n) is 2.39. The normalized spacial score (nSPS) is 16.3. The molecule has 0 saturated carbocycles. The first kappa shape index (κ1) is 9.21. The SMILES string of the molecule is Oc1ccc(CNC2CC=CC2)nc1. The summed E-state index contributed by atoms with van der Waals surface area (Å²) < 4.78 is 0. The minimum Gasteiger partial charge on any atom is -0.506 e. The zero-order valence-corrected chi connectivity index (χ0v) is 7.98. The summed E-state index contributed by atoms with van der Waals surface area (Å²) in [5.41, 5.74) is 0.967. The molecular formula is C11H14N2O. The van der Waals surface area contributed by atoms with Crippen molar-refractivity contribution in [2.75, 3.05) is 0 Å². The highest BCUT2D eigenvalue weighted by atomic mass is 16.3. The lowest BCUT2D eigenvalue weighted by Crippen LogP contribution is -2.25. The van der Waals surface area contributed by atoms with Gasteiger partial charge in [0.1, 0.15) is 5.75 Å². The smallest absolute Gasteiger partial charge is 0.133 e.